The zero-order valence-electron chi connectivity index (χ0n) is 19.5. The fourth-order valence-corrected chi connectivity index (χ4v) is 7.43. The van der Waals surface area contributed by atoms with Crippen LogP contribution in [0.25, 0.3) is 10.2 Å². The van der Waals surface area contributed by atoms with E-state index in [1.54, 1.807) is 4.90 Å². The lowest BCUT2D eigenvalue weighted by Crippen LogP contribution is -2.44. The highest BCUT2D eigenvalue weighted by molar-refractivity contribution is 9.10. The molecule has 1 fully saturated rings. The summed E-state index contributed by atoms with van der Waals surface area (Å²) in [6.45, 7) is 0.447. The van der Waals surface area contributed by atoms with Crippen molar-refractivity contribution in [1.29, 1.82) is 0 Å². The van der Waals surface area contributed by atoms with Crippen LogP contribution in [0.2, 0.25) is 0 Å². The molecule has 37 heavy (non-hydrogen) atoms. The van der Waals surface area contributed by atoms with Gasteiger partial charge in [-0.05, 0) is 48.7 Å². The smallest absolute Gasteiger partial charge is 0.245 e. The van der Waals surface area contributed by atoms with Crippen LogP contribution in [0, 0.1) is 17.6 Å². The number of carbonyl (C=O) groups excluding carboxylic acids is 1. The van der Waals surface area contributed by atoms with Gasteiger partial charge in [0.15, 0.2) is 5.13 Å². The Kier molecular flexibility index (Phi) is 7.39. The molecule has 0 spiro atoms. The maximum Gasteiger partial charge on any atom is 0.245 e. The van der Waals surface area contributed by atoms with Gasteiger partial charge in [-0.15, -0.1) is 0 Å². The normalized spacial score (nSPS) is 15.2. The Labute approximate surface area is 225 Å². The lowest BCUT2D eigenvalue weighted by molar-refractivity contribution is -0.123. The molecule has 0 saturated carbocycles. The lowest BCUT2D eigenvalue weighted by atomic mass is 9.96. The summed E-state index contributed by atoms with van der Waals surface area (Å²) in [6, 6.07) is 17.8. The third kappa shape index (κ3) is 5.45. The largest absolute Gasteiger partial charge is 0.283 e. The van der Waals surface area contributed by atoms with E-state index in [2.05, 4.69) is 15.9 Å². The van der Waals surface area contributed by atoms with E-state index in [1.165, 1.54) is 11.3 Å². The van der Waals surface area contributed by atoms with E-state index in [0.29, 0.717) is 17.7 Å². The van der Waals surface area contributed by atoms with Crippen LogP contribution in [-0.2, 0) is 21.4 Å². The Balaban J connectivity index is 1.37. The SMILES string of the molecule is O=C(C1CCN(S(=O)(=O)c2ccc(F)cc2F)CC1)N(Cc1ccccc1)c1nc2ccc(Br)cc2s1. The van der Waals surface area contributed by atoms with Crippen LogP contribution < -0.4 is 4.90 Å². The Morgan fingerprint density at radius 1 is 1.05 bits per heavy atom. The average molecular weight is 607 g/mol. The highest BCUT2D eigenvalue weighted by Gasteiger charge is 2.36. The summed E-state index contributed by atoms with van der Waals surface area (Å²) < 4.78 is 56.5. The molecule has 5 rings (SSSR count). The van der Waals surface area contributed by atoms with Crippen LogP contribution in [-0.4, -0.2) is 36.7 Å². The summed E-state index contributed by atoms with van der Waals surface area (Å²) in [6.07, 6.45) is 0.561. The van der Waals surface area contributed by atoms with Gasteiger partial charge < -0.3 is 0 Å². The molecule has 0 bridgehead atoms. The maximum atomic E-state index is 14.2. The number of hydrogen-bond acceptors (Lipinski definition) is 5. The summed E-state index contributed by atoms with van der Waals surface area (Å²) in [5.41, 5.74) is 1.74. The number of sulfonamides is 1. The number of thiazole rings is 1. The molecule has 1 aliphatic heterocycles. The first-order chi connectivity index (χ1) is 17.7. The Hall–Kier alpha value is -2.73. The molecular formula is C26H22BrF2N3O3S2. The standard InChI is InChI=1S/C26H22BrF2N3O3S2/c27-19-6-8-22-23(14-19)36-26(30-22)32(16-17-4-2-1-3-5-17)25(33)18-10-12-31(13-11-18)37(34,35)24-9-7-20(28)15-21(24)29/h1-9,14-15,18H,10-13,16H2. The molecule has 0 aliphatic carbocycles. The van der Waals surface area contributed by atoms with E-state index in [-0.39, 0.29) is 31.8 Å². The molecule has 1 amide bonds. The molecule has 6 nitrogen and oxygen atoms in total. The molecule has 3 aromatic carbocycles. The second-order valence-electron chi connectivity index (χ2n) is 8.77. The molecule has 0 unspecified atom stereocenters. The van der Waals surface area contributed by atoms with E-state index in [1.807, 2.05) is 48.5 Å². The molecule has 0 atom stereocenters. The maximum absolute atomic E-state index is 14.2. The minimum absolute atomic E-state index is 0.0571. The topological polar surface area (TPSA) is 70.6 Å². The molecule has 1 aliphatic rings. The first-order valence-electron chi connectivity index (χ1n) is 11.6. The van der Waals surface area contributed by atoms with Gasteiger partial charge in [-0.25, -0.2) is 22.2 Å². The monoisotopic (exact) mass is 605 g/mol. The van der Waals surface area contributed by atoms with Crippen molar-refractivity contribution >= 4 is 58.5 Å². The number of anilines is 1. The van der Waals surface area contributed by atoms with E-state index in [9.17, 15) is 22.0 Å². The van der Waals surface area contributed by atoms with E-state index >= 15 is 0 Å². The molecule has 192 valence electrons. The molecule has 1 saturated heterocycles. The predicted octanol–water partition coefficient (Wildman–Crippen LogP) is 5.97. The zero-order chi connectivity index (χ0) is 26.2. The van der Waals surface area contributed by atoms with Crippen LogP contribution >= 0.6 is 27.3 Å². The summed E-state index contributed by atoms with van der Waals surface area (Å²) in [5.74, 6) is -2.53. The summed E-state index contributed by atoms with van der Waals surface area (Å²) in [4.78, 5) is 19.6. The minimum atomic E-state index is -4.15. The van der Waals surface area contributed by atoms with Crippen LogP contribution in [0.15, 0.2) is 76.1 Å². The van der Waals surface area contributed by atoms with Crippen molar-refractivity contribution in [3.05, 3.63) is 88.4 Å². The van der Waals surface area contributed by atoms with Gasteiger partial charge in [-0.1, -0.05) is 57.6 Å². The van der Waals surface area contributed by atoms with Gasteiger partial charge in [0.2, 0.25) is 15.9 Å². The zero-order valence-corrected chi connectivity index (χ0v) is 22.7. The molecule has 0 N–H and O–H groups in total. The number of rotatable bonds is 6. The Bertz CT molecular complexity index is 1560. The number of halogens is 3. The van der Waals surface area contributed by atoms with Crippen molar-refractivity contribution in [2.75, 3.05) is 18.0 Å². The number of benzene rings is 3. The Morgan fingerprint density at radius 3 is 2.49 bits per heavy atom. The van der Waals surface area contributed by atoms with Crippen molar-refractivity contribution in [2.24, 2.45) is 5.92 Å². The van der Waals surface area contributed by atoms with Crippen LogP contribution in [0.5, 0.6) is 0 Å². The van der Waals surface area contributed by atoms with Crippen LogP contribution in [0.4, 0.5) is 13.9 Å². The summed E-state index contributed by atoms with van der Waals surface area (Å²) in [7, 11) is -4.15. The minimum Gasteiger partial charge on any atom is -0.283 e. The first-order valence-corrected chi connectivity index (χ1v) is 14.6. The number of hydrogen-bond donors (Lipinski definition) is 0. The molecule has 0 radical (unpaired) electrons. The third-order valence-electron chi connectivity index (χ3n) is 6.33. The van der Waals surface area contributed by atoms with Gasteiger partial charge in [0.05, 0.1) is 16.8 Å². The van der Waals surface area contributed by atoms with E-state index < -0.39 is 32.5 Å². The van der Waals surface area contributed by atoms with Crippen molar-refractivity contribution in [3.8, 4) is 0 Å². The van der Waals surface area contributed by atoms with Crippen molar-refractivity contribution in [1.82, 2.24) is 9.29 Å². The third-order valence-corrected chi connectivity index (χ3v) is 9.80. The van der Waals surface area contributed by atoms with Gasteiger partial charge in [0.1, 0.15) is 16.5 Å². The first kappa shape index (κ1) is 25.9. The van der Waals surface area contributed by atoms with Crippen LogP contribution in [0.1, 0.15) is 18.4 Å². The predicted molar refractivity (Wildman–Crippen MR) is 143 cm³/mol. The fraction of sp³-hybridized carbons (Fsp3) is 0.231. The van der Waals surface area contributed by atoms with Gasteiger partial charge in [-0.2, -0.15) is 4.31 Å². The molecule has 2 heterocycles. The fourth-order valence-electron chi connectivity index (χ4n) is 4.39. The quantitative estimate of drug-likeness (QED) is 0.271. The molecular weight excluding hydrogens is 584 g/mol. The average Bonchev–Trinajstić information content (AvgIpc) is 3.30. The Morgan fingerprint density at radius 2 is 1.78 bits per heavy atom. The number of piperidine rings is 1. The van der Waals surface area contributed by atoms with Crippen molar-refractivity contribution in [2.45, 2.75) is 24.3 Å². The van der Waals surface area contributed by atoms with Crippen molar-refractivity contribution in [3.63, 3.8) is 0 Å². The lowest BCUT2D eigenvalue weighted by Gasteiger charge is -2.33. The number of nitrogens with zero attached hydrogens (tertiary/aromatic N) is 3. The van der Waals surface area contributed by atoms with E-state index in [0.717, 1.165) is 36.7 Å². The summed E-state index contributed by atoms with van der Waals surface area (Å²) in [5, 5.41) is 0.574. The van der Waals surface area contributed by atoms with Gasteiger partial charge >= 0.3 is 0 Å². The van der Waals surface area contributed by atoms with Gasteiger partial charge in [-0.3, -0.25) is 9.69 Å². The van der Waals surface area contributed by atoms with Gasteiger partial charge in [0.25, 0.3) is 0 Å². The number of carbonyl (C=O) groups is 1. The number of aromatic nitrogens is 1. The van der Waals surface area contributed by atoms with Crippen LogP contribution in [0.3, 0.4) is 0 Å². The number of fused-ring (bicyclic) bond motifs is 1. The second-order valence-corrected chi connectivity index (χ2v) is 12.6. The van der Waals surface area contributed by atoms with Crippen molar-refractivity contribution < 1.29 is 22.0 Å². The highest BCUT2D eigenvalue weighted by atomic mass is 79.9. The second kappa shape index (κ2) is 10.6. The molecule has 4 aromatic rings. The highest BCUT2D eigenvalue weighted by Crippen LogP contribution is 2.34. The number of amides is 1. The molecule has 1 aromatic heterocycles. The summed E-state index contributed by atoms with van der Waals surface area (Å²) >= 11 is 4.89. The van der Waals surface area contributed by atoms with Gasteiger partial charge in [0, 0.05) is 29.5 Å². The molecule has 11 heteroatoms. The van der Waals surface area contributed by atoms with E-state index in [4.69, 9.17) is 4.98 Å².